The molecule has 3 nitrogen and oxygen atoms in total. The molecule has 0 amide bonds. The Balaban J connectivity index is 2.40. The van der Waals surface area contributed by atoms with Crippen molar-refractivity contribution in [2.24, 2.45) is 0 Å². The number of nitrogens with one attached hydrogen (secondary N) is 1. The lowest BCUT2D eigenvalue weighted by atomic mass is 10.1. The van der Waals surface area contributed by atoms with Crippen LogP contribution in [0, 0.1) is 5.82 Å². The molecule has 0 saturated heterocycles. The van der Waals surface area contributed by atoms with Gasteiger partial charge in [0.2, 0.25) is 0 Å². The SMILES string of the molecule is CCOC(=O)/C=C/CNC(C)c1ccccc1F. The van der Waals surface area contributed by atoms with Crippen LogP contribution in [-0.2, 0) is 9.53 Å². The third-order valence-corrected chi connectivity index (χ3v) is 2.45. The van der Waals surface area contributed by atoms with Crippen molar-refractivity contribution in [3.8, 4) is 0 Å². The molecule has 0 heterocycles. The van der Waals surface area contributed by atoms with Gasteiger partial charge in [-0.3, -0.25) is 0 Å². The zero-order valence-electron chi connectivity index (χ0n) is 10.7. The molecular formula is C14H18FNO2. The van der Waals surface area contributed by atoms with E-state index in [1.807, 2.05) is 6.92 Å². The minimum Gasteiger partial charge on any atom is -0.463 e. The van der Waals surface area contributed by atoms with Crippen LogP contribution < -0.4 is 5.32 Å². The fourth-order valence-electron chi connectivity index (χ4n) is 1.53. The topological polar surface area (TPSA) is 38.3 Å². The Hall–Kier alpha value is -1.68. The summed E-state index contributed by atoms with van der Waals surface area (Å²) >= 11 is 0. The number of benzene rings is 1. The fourth-order valence-corrected chi connectivity index (χ4v) is 1.53. The number of halogens is 1. The smallest absolute Gasteiger partial charge is 0.330 e. The molecule has 1 aromatic carbocycles. The molecule has 1 rings (SSSR count). The van der Waals surface area contributed by atoms with E-state index in [-0.39, 0.29) is 17.8 Å². The Morgan fingerprint density at radius 2 is 2.22 bits per heavy atom. The average molecular weight is 251 g/mol. The highest BCUT2D eigenvalue weighted by Gasteiger charge is 2.08. The van der Waals surface area contributed by atoms with Gasteiger partial charge in [0.25, 0.3) is 0 Å². The van der Waals surface area contributed by atoms with Crippen molar-refractivity contribution in [1.29, 1.82) is 0 Å². The number of esters is 1. The molecule has 0 saturated carbocycles. The third-order valence-electron chi connectivity index (χ3n) is 2.45. The number of hydrogen-bond acceptors (Lipinski definition) is 3. The first-order valence-electron chi connectivity index (χ1n) is 5.96. The van der Waals surface area contributed by atoms with Crippen molar-refractivity contribution in [2.75, 3.05) is 13.2 Å². The lowest BCUT2D eigenvalue weighted by Gasteiger charge is -2.13. The van der Waals surface area contributed by atoms with E-state index in [0.29, 0.717) is 18.7 Å². The summed E-state index contributed by atoms with van der Waals surface area (Å²) in [6.45, 7) is 4.47. The third kappa shape index (κ3) is 4.67. The van der Waals surface area contributed by atoms with Crippen LogP contribution in [0.2, 0.25) is 0 Å². The van der Waals surface area contributed by atoms with E-state index in [9.17, 15) is 9.18 Å². The molecule has 1 atom stereocenters. The Labute approximate surface area is 107 Å². The van der Waals surface area contributed by atoms with E-state index < -0.39 is 0 Å². The predicted molar refractivity (Wildman–Crippen MR) is 68.6 cm³/mol. The van der Waals surface area contributed by atoms with Gasteiger partial charge in [0, 0.05) is 24.2 Å². The highest BCUT2D eigenvalue weighted by molar-refractivity contribution is 5.81. The van der Waals surface area contributed by atoms with Gasteiger partial charge in [-0.2, -0.15) is 0 Å². The highest BCUT2D eigenvalue weighted by atomic mass is 19.1. The molecule has 1 aromatic rings. The predicted octanol–water partition coefficient (Wildman–Crippen LogP) is 2.60. The van der Waals surface area contributed by atoms with Gasteiger partial charge in [-0.1, -0.05) is 24.3 Å². The molecule has 0 aliphatic rings. The maximum Gasteiger partial charge on any atom is 0.330 e. The van der Waals surface area contributed by atoms with Crippen LogP contribution in [0.4, 0.5) is 4.39 Å². The molecule has 1 N–H and O–H groups in total. The summed E-state index contributed by atoms with van der Waals surface area (Å²) in [5.41, 5.74) is 0.613. The Bertz CT molecular complexity index is 418. The molecule has 0 spiro atoms. The molecule has 0 radical (unpaired) electrons. The van der Waals surface area contributed by atoms with Crippen LogP contribution in [0.1, 0.15) is 25.5 Å². The first kappa shape index (κ1) is 14.4. The molecular weight excluding hydrogens is 233 g/mol. The van der Waals surface area contributed by atoms with E-state index in [1.165, 1.54) is 12.1 Å². The minimum absolute atomic E-state index is 0.113. The second-order valence-electron chi connectivity index (χ2n) is 3.81. The minimum atomic E-state index is -0.363. The zero-order chi connectivity index (χ0) is 13.4. The number of rotatable bonds is 6. The molecule has 1 unspecified atom stereocenters. The largest absolute Gasteiger partial charge is 0.463 e. The maximum absolute atomic E-state index is 13.4. The van der Waals surface area contributed by atoms with Crippen molar-refractivity contribution in [3.63, 3.8) is 0 Å². The van der Waals surface area contributed by atoms with E-state index in [1.54, 1.807) is 31.2 Å². The molecule has 0 fully saturated rings. The molecule has 18 heavy (non-hydrogen) atoms. The van der Waals surface area contributed by atoms with Crippen molar-refractivity contribution in [1.82, 2.24) is 5.32 Å². The summed E-state index contributed by atoms with van der Waals surface area (Å²) in [5, 5.41) is 3.10. The van der Waals surface area contributed by atoms with Gasteiger partial charge in [-0.25, -0.2) is 9.18 Å². The summed E-state index contributed by atoms with van der Waals surface area (Å²) in [5.74, 6) is -0.593. The Kier molecular flexibility index (Phi) is 6.08. The van der Waals surface area contributed by atoms with Gasteiger partial charge >= 0.3 is 5.97 Å². The average Bonchev–Trinajstić information content (AvgIpc) is 2.35. The number of carbonyl (C=O) groups excluding carboxylic acids is 1. The van der Waals surface area contributed by atoms with Crippen LogP contribution in [0.5, 0.6) is 0 Å². The van der Waals surface area contributed by atoms with Crippen LogP contribution in [0.3, 0.4) is 0 Å². The Morgan fingerprint density at radius 1 is 1.50 bits per heavy atom. The summed E-state index contributed by atoms with van der Waals surface area (Å²) in [6.07, 6.45) is 3.03. The molecule has 0 aliphatic carbocycles. The number of carbonyl (C=O) groups is 1. The van der Waals surface area contributed by atoms with E-state index in [2.05, 4.69) is 5.32 Å². The molecule has 98 valence electrons. The van der Waals surface area contributed by atoms with Crippen LogP contribution in [-0.4, -0.2) is 19.1 Å². The highest BCUT2D eigenvalue weighted by Crippen LogP contribution is 2.15. The monoisotopic (exact) mass is 251 g/mol. The lowest BCUT2D eigenvalue weighted by Crippen LogP contribution is -2.19. The van der Waals surface area contributed by atoms with Gasteiger partial charge in [0.15, 0.2) is 0 Å². The molecule has 0 aromatic heterocycles. The van der Waals surface area contributed by atoms with E-state index in [0.717, 1.165) is 0 Å². The van der Waals surface area contributed by atoms with Gasteiger partial charge in [-0.15, -0.1) is 0 Å². The van der Waals surface area contributed by atoms with Gasteiger partial charge < -0.3 is 10.1 Å². The van der Waals surface area contributed by atoms with Gasteiger partial charge in [0.1, 0.15) is 5.82 Å². The fraction of sp³-hybridized carbons (Fsp3) is 0.357. The summed E-state index contributed by atoms with van der Waals surface area (Å²) in [6, 6.07) is 6.51. The van der Waals surface area contributed by atoms with Crippen LogP contribution in [0.25, 0.3) is 0 Å². The lowest BCUT2D eigenvalue weighted by molar-refractivity contribution is -0.137. The first-order chi connectivity index (χ1) is 8.65. The molecule has 0 bridgehead atoms. The molecule has 4 heteroatoms. The summed E-state index contributed by atoms with van der Waals surface area (Å²) < 4.78 is 18.2. The van der Waals surface area contributed by atoms with Crippen LogP contribution in [0.15, 0.2) is 36.4 Å². The summed E-state index contributed by atoms with van der Waals surface area (Å²) in [4.78, 5) is 11.0. The van der Waals surface area contributed by atoms with Crippen LogP contribution >= 0.6 is 0 Å². The van der Waals surface area contributed by atoms with Gasteiger partial charge in [-0.05, 0) is 19.9 Å². The summed E-state index contributed by atoms with van der Waals surface area (Å²) in [7, 11) is 0. The zero-order valence-corrected chi connectivity index (χ0v) is 10.7. The first-order valence-corrected chi connectivity index (χ1v) is 5.96. The van der Waals surface area contributed by atoms with Crippen molar-refractivity contribution in [2.45, 2.75) is 19.9 Å². The number of hydrogen-bond donors (Lipinski definition) is 1. The second kappa shape index (κ2) is 7.61. The Morgan fingerprint density at radius 3 is 2.89 bits per heavy atom. The maximum atomic E-state index is 13.4. The normalized spacial score (nSPS) is 12.6. The quantitative estimate of drug-likeness (QED) is 0.624. The second-order valence-corrected chi connectivity index (χ2v) is 3.81. The van der Waals surface area contributed by atoms with Crippen molar-refractivity contribution in [3.05, 3.63) is 47.8 Å². The van der Waals surface area contributed by atoms with E-state index >= 15 is 0 Å². The van der Waals surface area contributed by atoms with E-state index in [4.69, 9.17) is 4.74 Å². The standard InChI is InChI=1S/C14H18FNO2/c1-3-18-14(17)9-6-10-16-11(2)12-7-4-5-8-13(12)15/h4-9,11,16H,3,10H2,1-2H3/b9-6+. The van der Waals surface area contributed by atoms with Crippen molar-refractivity contribution < 1.29 is 13.9 Å². The molecule has 0 aliphatic heterocycles. The van der Waals surface area contributed by atoms with Crippen molar-refractivity contribution >= 4 is 5.97 Å². The number of ether oxygens (including phenoxy) is 1. The van der Waals surface area contributed by atoms with Gasteiger partial charge in [0.05, 0.1) is 6.61 Å².